The summed E-state index contributed by atoms with van der Waals surface area (Å²) in [6, 6.07) is 12.8. The third-order valence-corrected chi connectivity index (χ3v) is 7.17. The van der Waals surface area contributed by atoms with Crippen LogP contribution in [-0.4, -0.2) is 23.3 Å². The van der Waals surface area contributed by atoms with E-state index in [1.165, 1.54) is 35.6 Å². The van der Waals surface area contributed by atoms with Crippen LogP contribution in [0.4, 0.5) is 13.9 Å². The number of allylic oxidation sites excluding steroid dienone is 1. The van der Waals surface area contributed by atoms with E-state index in [4.69, 9.17) is 9.84 Å². The summed E-state index contributed by atoms with van der Waals surface area (Å²) in [5.41, 5.74) is 4.62. The molecule has 3 aromatic rings. The van der Waals surface area contributed by atoms with Crippen molar-refractivity contribution < 1.29 is 18.3 Å². The summed E-state index contributed by atoms with van der Waals surface area (Å²) in [6.45, 7) is 2.10. The fraction of sp³-hybridized carbons (Fsp3) is 0.296. The van der Waals surface area contributed by atoms with Crippen LogP contribution >= 0.6 is 11.3 Å². The highest BCUT2D eigenvalue weighted by Crippen LogP contribution is 2.46. The zero-order valence-corrected chi connectivity index (χ0v) is 20.1. The Morgan fingerprint density at radius 2 is 1.86 bits per heavy atom. The van der Waals surface area contributed by atoms with Gasteiger partial charge < -0.3 is 4.74 Å². The Kier molecular flexibility index (Phi) is 6.72. The third kappa shape index (κ3) is 5.03. The maximum absolute atomic E-state index is 13.7. The molecule has 5 nitrogen and oxygen atoms in total. The molecule has 1 aromatic heterocycles. The van der Waals surface area contributed by atoms with Gasteiger partial charge in [-0.05, 0) is 73.2 Å². The van der Waals surface area contributed by atoms with Crippen LogP contribution in [0.3, 0.4) is 0 Å². The van der Waals surface area contributed by atoms with Crippen molar-refractivity contribution in [1.29, 1.82) is 0 Å². The number of hydrazone groups is 1. The van der Waals surface area contributed by atoms with Crippen LogP contribution in [0.5, 0.6) is 0 Å². The molecule has 0 saturated heterocycles. The summed E-state index contributed by atoms with van der Waals surface area (Å²) in [5.74, 6) is -0.758. The number of aromatic nitrogens is 1. The van der Waals surface area contributed by atoms with E-state index >= 15 is 0 Å². The number of benzene rings is 2. The zero-order chi connectivity index (χ0) is 24.4. The van der Waals surface area contributed by atoms with Gasteiger partial charge in [-0.15, -0.1) is 11.3 Å². The average Bonchev–Trinajstić information content (AvgIpc) is 3.46. The minimum atomic E-state index is -0.314. The van der Waals surface area contributed by atoms with Crippen molar-refractivity contribution in [3.63, 3.8) is 0 Å². The van der Waals surface area contributed by atoms with E-state index in [2.05, 4.69) is 11.1 Å². The lowest BCUT2D eigenvalue weighted by atomic mass is 9.77. The molecule has 2 atom stereocenters. The van der Waals surface area contributed by atoms with E-state index in [0.29, 0.717) is 17.4 Å². The van der Waals surface area contributed by atoms with Crippen molar-refractivity contribution in [3.8, 4) is 0 Å². The standard InChI is InChI=1S/C27H25F2N3O2S/c1-2-34-24(33)15-22-16-35-27(30-22)32-26(18-8-12-21(29)13-9-18)23-5-3-4-19(25(23)31-32)14-17-6-10-20(28)11-7-17/h6-14,16,23,26H,2-5,15H2,1H3/b19-14-/t23-,26+/m0/s1. The molecule has 1 saturated carbocycles. The van der Waals surface area contributed by atoms with Gasteiger partial charge in [-0.25, -0.2) is 18.8 Å². The Morgan fingerprint density at radius 3 is 2.57 bits per heavy atom. The summed E-state index contributed by atoms with van der Waals surface area (Å²) in [7, 11) is 0. The average molecular weight is 494 g/mol. The van der Waals surface area contributed by atoms with Crippen molar-refractivity contribution in [2.24, 2.45) is 11.0 Å². The largest absolute Gasteiger partial charge is 0.466 e. The number of carbonyl (C=O) groups excluding carboxylic acids is 1. The number of halogens is 2. The summed E-state index contributed by atoms with van der Waals surface area (Å²) >= 11 is 1.43. The molecule has 0 spiro atoms. The number of anilines is 1. The minimum absolute atomic E-state index is 0.106. The number of esters is 1. The van der Waals surface area contributed by atoms with Gasteiger partial charge in [0.15, 0.2) is 0 Å². The lowest BCUT2D eigenvalue weighted by molar-refractivity contribution is -0.142. The van der Waals surface area contributed by atoms with Crippen LogP contribution in [0.15, 0.2) is 64.6 Å². The number of hydrogen-bond donors (Lipinski definition) is 0. The molecular formula is C27H25F2N3O2S. The van der Waals surface area contributed by atoms with Crippen LogP contribution in [0.2, 0.25) is 0 Å². The van der Waals surface area contributed by atoms with Gasteiger partial charge in [0.25, 0.3) is 0 Å². The molecule has 2 heterocycles. The fourth-order valence-electron chi connectivity index (χ4n) is 4.75. The first-order valence-electron chi connectivity index (χ1n) is 11.7. The van der Waals surface area contributed by atoms with E-state index in [1.54, 1.807) is 31.2 Å². The molecule has 1 aliphatic carbocycles. The van der Waals surface area contributed by atoms with Crippen molar-refractivity contribution in [3.05, 3.63) is 87.9 Å². The highest BCUT2D eigenvalue weighted by atomic mass is 32.1. The number of ether oxygens (including phenoxy) is 1. The second-order valence-corrected chi connectivity index (χ2v) is 9.49. The number of thiazole rings is 1. The summed E-state index contributed by atoms with van der Waals surface area (Å²) in [5, 5.41) is 9.48. The van der Waals surface area contributed by atoms with Crippen molar-refractivity contribution in [2.75, 3.05) is 11.6 Å². The highest BCUT2D eigenvalue weighted by Gasteiger charge is 2.42. The van der Waals surface area contributed by atoms with E-state index in [1.807, 2.05) is 10.4 Å². The quantitative estimate of drug-likeness (QED) is 0.377. The molecule has 0 bridgehead atoms. The normalized spacial score (nSPS) is 20.6. The molecule has 2 aliphatic rings. The molecule has 2 aromatic carbocycles. The Bertz CT molecular complexity index is 1270. The van der Waals surface area contributed by atoms with Gasteiger partial charge in [0.2, 0.25) is 5.13 Å². The minimum Gasteiger partial charge on any atom is -0.466 e. The number of nitrogens with zero attached hydrogens (tertiary/aromatic N) is 3. The zero-order valence-electron chi connectivity index (χ0n) is 19.3. The number of rotatable bonds is 6. The van der Waals surface area contributed by atoms with Crippen LogP contribution < -0.4 is 5.01 Å². The van der Waals surface area contributed by atoms with Crippen LogP contribution in [0.25, 0.3) is 6.08 Å². The van der Waals surface area contributed by atoms with Gasteiger partial charge in [-0.1, -0.05) is 24.3 Å². The molecule has 0 radical (unpaired) electrons. The highest BCUT2D eigenvalue weighted by molar-refractivity contribution is 7.13. The second-order valence-electron chi connectivity index (χ2n) is 8.65. The van der Waals surface area contributed by atoms with Gasteiger partial charge in [0.1, 0.15) is 11.6 Å². The Balaban J connectivity index is 1.52. The first-order valence-corrected chi connectivity index (χ1v) is 12.6. The summed E-state index contributed by atoms with van der Waals surface area (Å²) in [4.78, 5) is 16.6. The van der Waals surface area contributed by atoms with Crippen LogP contribution in [-0.2, 0) is 16.0 Å². The maximum atomic E-state index is 13.7. The number of hydrogen-bond acceptors (Lipinski definition) is 6. The molecule has 5 rings (SSSR count). The lowest BCUT2D eigenvalue weighted by Gasteiger charge is -2.29. The predicted molar refractivity (Wildman–Crippen MR) is 133 cm³/mol. The summed E-state index contributed by atoms with van der Waals surface area (Å²) < 4.78 is 32.2. The first-order chi connectivity index (χ1) is 17.0. The molecule has 0 amide bonds. The molecule has 8 heteroatoms. The molecule has 0 unspecified atom stereocenters. The van der Waals surface area contributed by atoms with Crippen LogP contribution in [0.1, 0.15) is 49.0 Å². The van der Waals surface area contributed by atoms with E-state index < -0.39 is 0 Å². The summed E-state index contributed by atoms with van der Waals surface area (Å²) in [6.07, 6.45) is 4.99. The maximum Gasteiger partial charge on any atom is 0.311 e. The van der Waals surface area contributed by atoms with Crippen LogP contribution in [0, 0.1) is 17.6 Å². The molecule has 35 heavy (non-hydrogen) atoms. The van der Waals surface area contributed by atoms with Crippen molar-refractivity contribution in [1.82, 2.24) is 4.98 Å². The van der Waals surface area contributed by atoms with Gasteiger partial charge in [-0.3, -0.25) is 4.79 Å². The predicted octanol–water partition coefficient (Wildman–Crippen LogP) is 6.33. The van der Waals surface area contributed by atoms with Gasteiger partial charge in [0, 0.05) is 11.3 Å². The topological polar surface area (TPSA) is 54.8 Å². The van der Waals surface area contributed by atoms with E-state index in [0.717, 1.165) is 41.7 Å². The van der Waals surface area contributed by atoms with Gasteiger partial charge >= 0.3 is 5.97 Å². The smallest absolute Gasteiger partial charge is 0.311 e. The molecule has 180 valence electrons. The van der Waals surface area contributed by atoms with Gasteiger partial charge in [-0.2, -0.15) is 5.10 Å². The molecular weight excluding hydrogens is 468 g/mol. The molecule has 1 fully saturated rings. The van der Waals surface area contributed by atoms with Crippen molar-refractivity contribution in [2.45, 2.75) is 38.6 Å². The third-order valence-electron chi connectivity index (χ3n) is 6.29. The molecule has 0 N–H and O–H groups in total. The number of fused-ring (bicyclic) bond motifs is 1. The Labute approximate surface area is 206 Å². The Hall–Kier alpha value is -3.39. The fourth-order valence-corrected chi connectivity index (χ4v) is 5.56. The monoisotopic (exact) mass is 493 g/mol. The number of carbonyl (C=O) groups is 1. The molecule has 1 aliphatic heterocycles. The first kappa shape index (κ1) is 23.4. The van der Waals surface area contributed by atoms with E-state index in [9.17, 15) is 13.6 Å². The van der Waals surface area contributed by atoms with Crippen molar-refractivity contribution >= 4 is 34.2 Å². The second kappa shape index (κ2) is 10.1. The van der Waals surface area contributed by atoms with E-state index in [-0.39, 0.29) is 36.0 Å². The lowest BCUT2D eigenvalue weighted by Crippen LogP contribution is -2.28. The SMILES string of the molecule is CCOC(=O)Cc1csc(N2N=C3/C(=C\c4ccc(F)cc4)CCC[C@@H]3[C@H]2c2ccc(F)cc2)n1. The Morgan fingerprint density at radius 1 is 1.14 bits per heavy atom. The van der Waals surface area contributed by atoms with Gasteiger partial charge in [0.05, 0.1) is 30.5 Å².